The first-order valence-corrected chi connectivity index (χ1v) is 9.40. The van der Waals surface area contributed by atoms with E-state index in [0.29, 0.717) is 5.69 Å². The Morgan fingerprint density at radius 1 is 1.14 bits per heavy atom. The first-order valence-electron chi connectivity index (χ1n) is 9.40. The first kappa shape index (κ1) is 18.3. The third-order valence-electron chi connectivity index (χ3n) is 4.73. The Bertz CT molecular complexity index is 1010. The van der Waals surface area contributed by atoms with Crippen LogP contribution in [0.4, 0.5) is 5.82 Å². The van der Waals surface area contributed by atoms with Crippen LogP contribution in [-0.4, -0.2) is 46.2 Å². The number of aromatic nitrogens is 3. The molecule has 0 unspecified atom stereocenters. The molecule has 0 spiro atoms. The second kappa shape index (κ2) is 7.52. The number of primary amides is 1. The quantitative estimate of drug-likeness (QED) is 0.750. The van der Waals surface area contributed by atoms with Crippen LogP contribution in [0.25, 0.3) is 22.3 Å². The number of carbonyl (C=O) groups excluding carboxylic acids is 1. The molecule has 2 N–H and O–H groups in total. The number of amides is 1. The molecule has 1 amide bonds. The Kier molecular flexibility index (Phi) is 4.92. The van der Waals surface area contributed by atoms with E-state index in [1.54, 1.807) is 12.3 Å². The van der Waals surface area contributed by atoms with Gasteiger partial charge >= 0.3 is 0 Å². The number of pyridine rings is 3. The van der Waals surface area contributed by atoms with E-state index < -0.39 is 5.91 Å². The summed E-state index contributed by atoms with van der Waals surface area (Å²) in [6.45, 7) is 5.78. The average Bonchev–Trinajstić information content (AvgIpc) is 2.66. The Morgan fingerprint density at radius 3 is 2.64 bits per heavy atom. The van der Waals surface area contributed by atoms with Crippen molar-refractivity contribution in [1.82, 2.24) is 15.0 Å². The highest BCUT2D eigenvalue weighted by molar-refractivity contribution is 5.82. The van der Waals surface area contributed by atoms with Crippen LogP contribution in [0.3, 0.4) is 0 Å². The molecule has 1 saturated heterocycles. The van der Waals surface area contributed by atoms with E-state index in [-0.39, 0.29) is 18.6 Å². The highest BCUT2D eigenvalue weighted by atomic mass is 16.5. The third-order valence-corrected chi connectivity index (χ3v) is 4.73. The summed E-state index contributed by atoms with van der Waals surface area (Å²) in [4.78, 5) is 27.2. The molecule has 2 atom stereocenters. The lowest BCUT2D eigenvalue weighted by Crippen LogP contribution is -2.45. The maximum absolute atomic E-state index is 11.2. The minimum Gasteiger partial charge on any atom is -0.372 e. The fraction of sp³-hybridized carbons (Fsp3) is 0.333. The number of carbonyl (C=O) groups is 1. The van der Waals surface area contributed by atoms with E-state index >= 15 is 0 Å². The molecular weight excluding hydrogens is 354 g/mol. The van der Waals surface area contributed by atoms with Gasteiger partial charge in [-0.15, -0.1) is 0 Å². The van der Waals surface area contributed by atoms with Crippen molar-refractivity contribution in [3.63, 3.8) is 0 Å². The van der Waals surface area contributed by atoms with Crippen LogP contribution in [0.15, 0.2) is 42.6 Å². The van der Waals surface area contributed by atoms with Crippen LogP contribution in [-0.2, 0) is 16.0 Å². The molecule has 1 fully saturated rings. The Labute approximate surface area is 163 Å². The van der Waals surface area contributed by atoms with Crippen molar-refractivity contribution in [2.24, 2.45) is 5.73 Å². The monoisotopic (exact) mass is 377 g/mol. The van der Waals surface area contributed by atoms with Crippen molar-refractivity contribution in [3.8, 4) is 11.4 Å². The van der Waals surface area contributed by atoms with Gasteiger partial charge in [-0.2, -0.15) is 0 Å². The summed E-state index contributed by atoms with van der Waals surface area (Å²) in [6, 6.07) is 11.7. The van der Waals surface area contributed by atoms with Crippen LogP contribution >= 0.6 is 0 Å². The van der Waals surface area contributed by atoms with E-state index in [0.717, 1.165) is 41.2 Å². The maximum atomic E-state index is 11.2. The van der Waals surface area contributed by atoms with Gasteiger partial charge < -0.3 is 15.4 Å². The summed E-state index contributed by atoms with van der Waals surface area (Å²) in [6.07, 6.45) is 2.15. The number of fused-ring (bicyclic) bond motifs is 1. The molecule has 144 valence electrons. The van der Waals surface area contributed by atoms with Crippen LogP contribution in [0, 0.1) is 0 Å². The number of nitrogens with two attached hydrogens (primary N) is 1. The highest BCUT2D eigenvalue weighted by Crippen LogP contribution is 2.24. The van der Waals surface area contributed by atoms with Crippen LogP contribution in [0.1, 0.15) is 19.5 Å². The second-order valence-corrected chi connectivity index (χ2v) is 7.25. The molecule has 0 aromatic carbocycles. The average molecular weight is 377 g/mol. The van der Waals surface area contributed by atoms with Gasteiger partial charge in [0.05, 0.1) is 41.2 Å². The third kappa shape index (κ3) is 3.94. The minimum absolute atomic E-state index is 0.100. The molecule has 3 aromatic heterocycles. The lowest BCUT2D eigenvalue weighted by Gasteiger charge is -2.36. The number of hydrogen-bond donors (Lipinski definition) is 1. The number of anilines is 1. The summed E-state index contributed by atoms with van der Waals surface area (Å²) in [5.74, 6) is 0.511. The molecule has 0 radical (unpaired) electrons. The molecule has 0 aliphatic carbocycles. The number of nitrogens with zero attached hydrogens (tertiary/aromatic N) is 4. The fourth-order valence-electron chi connectivity index (χ4n) is 3.58. The van der Waals surface area contributed by atoms with E-state index in [2.05, 4.69) is 23.7 Å². The van der Waals surface area contributed by atoms with E-state index in [9.17, 15) is 4.79 Å². The van der Waals surface area contributed by atoms with Crippen molar-refractivity contribution < 1.29 is 9.53 Å². The van der Waals surface area contributed by atoms with E-state index in [1.165, 1.54) is 0 Å². The predicted octanol–water partition coefficient (Wildman–Crippen LogP) is 2.33. The minimum atomic E-state index is -0.411. The molecule has 3 aromatic rings. The van der Waals surface area contributed by atoms with E-state index in [4.69, 9.17) is 20.4 Å². The van der Waals surface area contributed by atoms with Gasteiger partial charge in [0.2, 0.25) is 5.91 Å². The zero-order valence-electron chi connectivity index (χ0n) is 16.0. The molecule has 4 rings (SSSR count). The smallest absolute Gasteiger partial charge is 0.223 e. The van der Waals surface area contributed by atoms with Gasteiger partial charge in [-0.05, 0) is 44.2 Å². The molecule has 7 nitrogen and oxygen atoms in total. The number of ether oxygens (including phenoxy) is 1. The first-order chi connectivity index (χ1) is 13.5. The number of morpholine rings is 1. The Balaban J connectivity index is 1.66. The SMILES string of the molecule is C[C@@H]1CN(c2cccc(-c3ccc4cnc(CC(N)=O)cc4n3)n2)C[C@H](C)O1. The summed E-state index contributed by atoms with van der Waals surface area (Å²) in [5, 5.41) is 0.906. The second-order valence-electron chi connectivity index (χ2n) is 7.25. The van der Waals surface area contributed by atoms with Crippen molar-refractivity contribution in [1.29, 1.82) is 0 Å². The number of hydrogen-bond acceptors (Lipinski definition) is 6. The van der Waals surface area contributed by atoms with Crippen molar-refractivity contribution in [2.45, 2.75) is 32.5 Å². The standard InChI is InChI=1S/C21H23N5O2/c1-13-11-26(12-14(2)28-13)21-5-3-4-17(25-21)18-7-6-15-10-23-16(9-20(22)27)8-19(15)24-18/h3-8,10,13-14H,9,11-12H2,1-2H3,(H2,22,27)/t13-,14+. The zero-order valence-corrected chi connectivity index (χ0v) is 16.0. The van der Waals surface area contributed by atoms with Crippen LogP contribution < -0.4 is 10.6 Å². The lowest BCUT2D eigenvalue weighted by molar-refractivity contribution is -0.117. The van der Waals surface area contributed by atoms with Gasteiger partial charge in [-0.3, -0.25) is 9.78 Å². The van der Waals surface area contributed by atoms with Gasteiger partial charge in [-0.1, -0.05) is 6.07 Å². The molecule has 1 aliphatic heterocycles. The Morgan fingerprint density at radius 2 is 1.89 bits per heavy atom. The molecule has 7 heteroatoms. The van der Waals surface area contributed by atoms with Gasteiger partial charge in [0.25, 0.3) is 0 Å². The molecule has 28 heavy (non-hydrogen) atoms. The van der Waals surface area contributed by atoms with Crippen molar-refractivity contribution in [3.05, 3.63) is 48.3 Å². The zero-order chi connectivity index (χ0) is 19.7. The summed E-state index contributed by atoms with van der Waals surface area (Å²) < 4.78 is 5.82. The predicted molar refractivity (Wildman–Crippen MR) is 108 cm³/mol. The van der Waals surface area contributed by atoms with Gasteiger partial charge in [-0.25, -0.2) is 9.97 Å². The summed E-state index contributed by atoms with van der Waals surface area (Å²) >= 11 is 0. The summed E-state index contributed by atoms with van der Waals surface area (Å²) in [5.41, 5.74) is 8.24. The van der Waals surface area contributed by atoms with Gasteiger partial charge in [0.1, 0.15) is 5.82 Å². The molecule has 0 bridgehead atoms. The van der Waals surface area contributed by atoms with Gasteiger partial charge in [0, 0.05) is 24.7 Å². The largest absolute Gasteiger partial charge is 0.372 e. The normalized spacial score (nSPS) is 19.7. The molecular formula is C21H23N5O2. The van der Waals surface area contributed by atoms with Gasteiger partial charge in [0.15, 0.2) is 0 Å². The lowest BCUT2D eigenvalue weighted by atomic mass is 10.1. The molecule has 4 heterocycles. The number of rotatable bonds is 4. The summed E-state index contributed by atoms with van der Waals surface area (Å²) in [7, 11) is 0. The maximum Gasteiger partial charge on any atom is 0.223 e. The molecule has 0 saturated carbocycles. The van der Waals surface area contributed by atoms with E-state index in [1.807, 2.05) is 30.3 Å². The van der Waals surface area contributed by atoms with Crippen molar-refractivity contribution in [2.75, 3.05) is 18.0 Å². The highest BCUT2D eigenvalue weighted by Gasteiger charge is 2.23. The topological polar surface area (TPSA) is 94.2 Å². The van der Waals surface area contributed by atoms with Crippen LogP contribution in [0.5, 0.6) is 0 Å². The van der Waals surface area contributed by atoms with Crippen LogP contribution in [0.2, 0.25) is 0 Å². The fourth-order valence-corrected chi connectivity index (χ4v) is 3.58. The molecule has 1 aliphatic rings. The Hall–Kier alpha value is -3.06. The van der Waals surface area contributed by atoms with Crippen molar-refractivity contribution >= 4 is 22.6 Å².